The van der Waals surface area contributed by atoms with Crippen LogP contribution in [-0.2, 0) is 14.1 Å². The molecule has 0 aromatic carbocycles. The van der Waals surface area contributed by atoms with Crippen LogP contribution in [0.1, 0.15) is 0 Å². The smallest absolute Gasteiger partial charge is 0.332 e. The van der Waals surface area contributed by atoms with Crippen molar-refractivity contribution in [2.24, 2.45) is 14.1 Å². The molecule has 0 aliphatic carbocycles. The molecule has 7 heteroatoms. The lowest BCUT2D eigenvalue weighted by atomic mass is 10.5. The third-order valence-corrected chi connectivity index (χ3v) is 2.15. The zero-order valence-electron chi connectivity index (χ0n) is 7.76. The average Bonchev–Trinajstić information content (AvgIpc) is 2.54. The summed E-state index contributed by atoms with van der Waals surface area (Å²) in [5, 5.41) is 0. The second-order valence-corrected chi connectivity index (χ2v) is 3.04. The van der Waals surface area contributed by atoms with Crippen molar-refractivity contribution in [2.45, 2.75) is 0 Å². The van der Waals surface area contributed by atoms with Gasteiger partial charge in [0.25, 0.3) is 0 Å². The molecule has 2 aromatic heterocycles. The quantitative estimate of drug-likeness (QED) is 0.500. The fraction of sp³-hybridized carbons (Fsp3) is 0.286. The Balaban J connectivity index is 3.22. The van der Waals surface area contributed by atoms with E-state index in [1.165, 1.54) is 22.5 Å². The summed E-state index contributed by atoms with van der Waals surface area (Å²) < 4.78 is 3.33. The van der Waals surface area contributed by atoms with Gasteiger partial charge in [-0.25, -0.2) is 9.78 Å². The molecule has 0 atom stereocenters. The highest BCUT2D eigenvalue weighted by Gasteiger charge is 2.12. The summed E-state index contributed by atoms with van der Waals surface area (Å²) in [6.07, 6.45) is 1.46. The van der Waals surface area contributed by atoms with Gasteiger partial charge in [-0.05, 0) is 0 Å². The van der Waals surface area contributed by atoms with Crippen LogP contribution < -0.4 is 17.1 Å². The Labute approximate surface area is 78.0 Å². The van der Waals surface area contributed by atoms with Crippen molar-refractivity contribution in [3.8, 4) is 0 Å². The van der Waals surface area contributed by atoms with Crippen molar-refractivity contribution in [2.75, 3.05) is 5.84 Å². The molecule has 0 spiro atoms. The molecule has 0 bridgehead atoms. The van der Waals surface area contributed by atoms with E-state index in [1.54, 1.807) is 7.05 Å². The van der Waals surface area contributed by atoms with Crippen LogP contribution in [0.3, 0.4) is 0 Å². The van der Waals surface area contributed by atoms with Gasteiger partial charge < -0.3 is 10.4 Å². The molecule has 0 fully saturated rings. The summed E-state index contributed by atoms with van der Waals surface area (Å²) in [7, 11) is 3.18. The summed E-state index contributed by atoms with van der Waals surface area (Å²) in [5.41, 5.74) is -0.469. The zero-order valence-corrected chi connectivity index (χ0v) is 7.76. The fourth-order valence-electron chi connectivity index (χ4n) is 1.36. The normalized spacial score (nSPS) is 11.0. The van der Waals surface area contributed by atoms with E-state index in [9.17, 15) is 9.59 Å². The first kappa shape index (κ1) is 8.54. The summed E-state index contributed by atoms with van der Waals surface area (Å²) in [5.74, 6) is 5.31. The van der Waals surface area contributed by atoms with E-state index in [0.29, 0.717) is 15.8 Å². The Bertz CT molecular complexity index is 617. The van der Waals surface area contributed by atoms with Gasteiger partial charge in [-0.1, -0.05) is 0 Å². The number of hydrogen-bond acceptors (Lipinski definition) is 4. The predicted octanol–water partition coefficient (Wildman–Crippen LogP) is -1.85. The number of nitrogens with two attached hydrogens (primary N) is 1. The van der Waals surface area contributed by atoms with Crippen molar-refractivity contribution in [1.82, 2.24) is 18.8 Å². The molecule has 0 aliphatic heterocycles. The van der Waals surface area contributed by atoms with Gasteiger partial charge in [0, 0.05) is 14.1 Å². The van der Waals surface area contributed by atoms with Crippen LogP contribution >= 0.6 is 0 Å². The SMILES string of the molecule is Cn1cnc2c1c(=O)n(N)c(=O)n2C. The lowest BCUT2D eigenvalue weighted by Crippen LogP contribution is -2.44. The zero-order chi connectivity index (χ0) is 10.5. The first-order valence-electron chi connectivity index (χ1n) is 3.92. The highest BCUT2D eigenvalue weighted by Crippen LogP contribution is 2.01. The summed E-state index contributed by atoms with van der Waals surface area (Å²) >= 11 is 0. The third kappa shape index (κ3) is 0.832. The van der Waals surface area contributed by atoms with Crippen molar-refractivity contribution in [3.05, 3.63) is 27.2 Å². The van der Waals surface area contributed by atoms with E-state index in [4.69, 9.17) is 5.84 Å². The molecule has 14 heavy (non-hydrogen) atoms. The van der Waals surface area contributed by atoms with Crippen LogP contribution in [0.5, 0.6) is 0 Å². The van der Waals surface area contributed by atoms with Crippen LogP contribution in [0.15, 0.2) is 15.9 Å². The van der Waals surface area contributed by atoms with Gasteiger partial charge in [0.15, 0.2) is 11.2 Å². The fourth-order valence-corrected chi connectivity index (χ4v) is 1.36. The molecule has 2 rings (SSSR count). The number of fused-ring (bicyclic) bond motifs is 1. The van der Waals surface area contributed by atoms with E-state index >= 15 is 0 Å². The molecule has 0 saturated heterocycles. The van der Waals surface area contributed by atoms with Crippen LogP contribution in [0, 0.1) is 0 Å². The number of hydrogen-bond donors (Lipinski definition) is 1. The minimum absolute atomic E-state index is 0.314. The highest BCUT2D eigenvalue weighted by atomic mass is 16.2. The molecular weight excluding hydrogens is 186 g/mol. The van der Waals surface area contributed by atoms with Crippen LogP contribution in [0.25, 0.3) is 11.2 Å². The minimum Gasteiger partial charge on any atom is -0.332 e. The molecule has 2 N–H and O–H groups in total. The molecule has 2 heterocycles. The summed E-state index contributed by atoms with van der Waals surface area (Å²) in [6.45, 7) is 0. The molecule has 0 radical (unpaired) electrons. The van der Waals surface area contributed by atoms with E-state index < -0.39 is 11.2 Å². The van der Waals surface area contributed by atoms with E-state index in [0.717, 1.165) is 0 Å². The number of rotatable bonds is 0. The van der Waals surface area contributed by atoms with Crippen LogP contribution in [0.2, 0.25) is 0 Å². The van der Waals surface area contributed by atoms with Crippen molar-refractivity contribution >= 4 is 11.2 Å². The average molecular weight is 195 g/mol. The van der Waals surface area contributed by atoms with Gasteiger partial charge in [0.05, 0.1) is 6.33 Å². The molecule has 2 aromatic rings. The Hall–Kier alpha value is -2.05. The largest absolute Gasteiger partial charge is 0.351 e. The lowest BCUT2D eigenvalue weighted by molar-refractivity contribution is 0.740. The molecule has 74 valence electrons. The summed E-state index contributed by atoms with van der Waals surface area (Å²) in [4.78, 5) is 26.8. The first-order valence-corrected chi connectivity index (χ1v) is 3.92. The molecule has 0 saturated carbocycles. The number of aryl methyl sites for hydroxylation is 2. The van der Waals surface area contributed by atoms with Gasteiger partial charge in [-0.15, -0.1) is 0 Å². The molecule has 0 aliphatic rings. The Kier molecular flexibility index (Phi) is 1.51. The molecule has 7 nitrogen and oxygen atoms in total. The number of nitrogen functional groups attached to an aromatic ring is 1. The Morgan fingerprint density at radius 1 is 1.36 bits per heavy atom. The van der Waals surface area contributed by atoms with Crippen LogP contribution in [-0.4, -0.2) is 18.8 Å². The van der Waals surface area contributed by atoms with Crippen LogP contribution in [0.4, 0.5) is 0 Å². The van der Waals surface area contributed by atoms with E-state index in [1.807, 2.05) is 0 Å². The Morgan fingerprint density at radius 3 is 2.64 bits per heavy atom. The maximum Gasteiger partial charge on any atom is 0.351 e. The maximum absolute atomic E-state index is 11.5. The van der Waals surface area contributed by atoms with E-state index in [2.05, 4.69) is 4.98 Å². The van der Waals surface area contributed by atoms with Crippen molar-refractivity contribution in [3.63, 3.8) is 0 Å². The van der Waals surface area contributed by atoms with Gasteiger partial charge in [0.2, 0.25) is 0 Å². The second kappa shape index (κ2) is 2.47. The second-order valence-electron chi connectivity index (χ2n) is 3.04. The first-order chi connectivity index (χ1) is 6.54. The minimum atomic E-state index is -0.582. The third-order valence-electron chi connectivity index (χ3n) is 2.15. The van der Waals surface area contributed by atoms with Crippen molar-refractivity contribution < 1.29 is 0 Å². The molecule has 0 unspecified atom stereocenters. The number of aromatic nitrogens is 4. The van der Waals surface area contributed by atoms with E-state index in [-0.39, 0.29) is 0 Å². The van der Waals surface area contributed by atoms with Gasteiger partial charge in [-0.2, -0.15) is 4.68 Å². The number of imidazole rings is 1. The monoisotopic (exact) mass is 195 g/mol. The highest BCUT2D eigenvalue weighted by molar-refractivity contribution is 5.69. The topological polar surface area (TPSA) is 87.8 Å². The predicted molar refractivity (Wildman–Crippen MR) is 50.4 cm³/mol. The van der Waals surface area contributed by atoms with Gasteiger partial charge >= 0.3 is 11.2 Å². The maximum atomic E-state index is 11.5. The Morgan fingerprint density at radius 2 is 2.00 bits per heavy atom. The van der Waals surface area contributed by atoms with Crippen molar-refractivity contribution in [1.29, 1.82) is 0 Å². The van der Waals surface area contributed by atoms with Gasteiger partial charge in [-0.3, -0.25) is 9.36 Å². The van der Waals surface area contributed by atoms with Gasteiger partial charge in [0.1, 0.15) is 0 Å². The molecular formula is C7H9N5O2. The standard InChI is InChI=1S/C7H9N5O2/c1-10-3-9-5-4(10)6(13)12(8)7(14)11(5)2/h3H,8H2,1-2H3. The summed E-state index contributed by atoms with van der Waals surface area (Å²) in [6, 6.07) is 0. The number of nitrogens with zero attached hydrogens (tertiary/aromatic N) is 4. The molecule has 0 amide bonds. The lowest BCUT2D eigenvalue weighted by Gasteiger charge is -2.02.